The maximum absolute atomic E-state index is 12.3. The Morgan fingerprint density at radius 2 is 1.90 bits per heavy atom. The average molecular weight is 431 g/mol. The highest BCUT2D eigenvalue weighted by Gasteiger charge is 2.26. The fourth-order valence-electron chi connectivity index (χ4n) is 2.66. The second-order valence-electron chi connectivity index (χ2n) is 8.47. The lowest BCUT2D eigenvalue weighted by molar-refractivity contribution is 0.00628. The molecule has 0 amide bonds. The molecule has 3 rings (SSSR count). The second-order valence-corrected chi connectivity index (χ2v) is 8.47. The molecule has 0 fully saturated rings. The van der Waals surface area contributed by atoms with Crippen LogP contribution in [-0.4, -0.2) is 52.1 Å². The quantitative estimate of drug-likeness (QED) is 0.528. The van der Waals surface area contributed by atoms with Crippen LogP contribution in [0.4, 0.5) is 0 Å². The number of carbonyl (C=O) groups excluding carboxylic acids is 1. The van der Waals surface area contributed by atoms with E-state index in [-0.39, 0.29) is 23.5 Å². The Bertz CT molecular complexity index is 1030. The lowest BCUT2D eigenvalue weighted by Gasteiger charge is -2.18. The van der Waals surface area contributed by atoms with E-state index < -0.39 is 11.6 Å². The molecule has 0 aliphatic heterocycles. The van der Waals surface area contributed by atoms with E-state index in [2.05, 4.69) is 15.0 Å². The first kappa shape index (κ1) is 22.7. The minimum atomic E-state index is -0.641. The van der Waals surface area contributed by atoms with Crippen molar-refractivity contribution in [2.45, 2.75) is 52.2 Å². The number of hydrogen-bond donors (Lipinski definition) is 1. The Morgan fingerprint density at radius 1 is 1.16 bits per heavy atom. The average Bonchev–Trinajstić information content (AvgIpc) is 3.42. The smallest absolute Gasteiger partial charge is 0.360 e. The van der Waals surface area contributed by atoms with Gasteiger partial charge in [-0.25, -0.2) is 19.7 Å². The Labute approximate surface area is 180 Å². The molecule has 3 aromatic heterocycles. The van der Waals surface area contributed by atoms with Gasteiger partial charge in [0.1, 0.15) is 23.9 Å². The van der Waals surface area contributed by atoms with Crippen molar-refractivity contribution < 1.29 is 22.8 Å². The van der Waals surface area contributed by atoms with Crippen LogP contribution in [0.3, 0.4) is 0 Å². The molecule has 0 spiro atoms. The summed E-state index contributed by atoms with van der Waals surface area (Å²) in [4.78, 5) is 27.5. The fourth-order valence-corrected chi connectivity index (χ4v) is 2.66. The van der Waals surface area contributed by atoms with E-state index in [1.807, 2.05) is 25.9 Å². The van der Waals surface area contributed by atoms with Gasteiger partial charge in [-0.3, -0.25) is 0 Å². The molecule has 0 saturated heterocycles. The van der Waals surface area contributed by atoms with E-state index in [0.717, 1.165) is 0 Å². The van der Waals surface area contributed by atoms with Crippen molar-refractivity contribution >= 4 is 5.97 Å². The molecule has 0 bridgehead atoms. The molecule has 168 valence electrons. The van der Waals surface area contributed by atoms with Crippen LogP contribution >= 0.6 is 0 Å². The van der Waals surface area contributed by atoms with Crippen molar-refractivity contribution in [1.29, 1.82) is 0 Å². The summed E-state index contributed by atoms with van der Waals surface area (Å²) in [6.45, 7) is 8.01. The summed E-state index contributed by atoms with van der Waals surface area (Å²) in [5.41, 5.74) is 6.23. The molecule has 0 saturated carbocycles. The van der Waals surface area contributed by atoms with Crippen molar-refractivity contribution in [3.8, 4) is 23.2 Å². The zero-order valence-electron chi connectivity index (χ0n) is 18.8. The Hall–Kier alpha value is -2.98. The zero-order valence-corrected chi connectivity index (χ0v) is 18.8. The predicted molar refractivity (Wildman–Crippen MR) is 112 cm³/mol. The zero-order chi connectivity index (χ0) is 22.8. The molecular formula is C21H29N5O5. The minimum absolute atomic E-state index is 0.0608. The van der Waals surface area contributed by atoms with Crippen molar-refractivity contribution in [3.05, 3.63) is 29.9 Å². The molecule has 31 heavy (non-hydrogen) atoms. The third kappa shape index (κ3) is 5.59. The van der Waals surface area contributed by atoms with E-state index in [1.54, 1.807) is 20.8 Å². The van der Waals surface area contributed by atoms with Crippen LogP contribution in [0.5, 0.6) is 0 Å². The van der Waals surface area contributed by atoms with Crippen LogP contribution in [-0.2, 0) is 11.2 Å². The molecule has 0 aromatic carbocycles. The van der Waals surface area contributed by atoms with E-state index >= 15 is 0 Å². The summed E-state index contributed by atoms with van der Waals surface area (Å²) in [5.74, 6) is 0.828. The second kappa shape index (κ2) is 9.03. The summed E-state index contributed by atoms with van der Waals surface area (Å²) in [5, 5.41) is 0. The molecule has 10 heteroatoms. The minimum Gasteiger partial charge on any atom is -0.455 e. The van der Waals surface area contributed by atoms with Crippen molar-refractivity contribution in [3.63, 3.8) is 0 Å². The van der Waals surface area contributed by atoms with E-state index in [4.69, 9.17) is 23.7 Å². The number of aromatic nitrogens is 3. The van der Waals surface area contributed by atoms with Gasteiger partial charge in [0.05, 0.1) is 6.04 Å². The molecular weight excluding hydrogens is 402 g/mol. The number of nitrogens with zero attached hydrogens (tertiary/aromatic N) is 4. The third-order valence-electron chi connectivity index (χ3n) is 4.30. The van der Waals surface area contributed by atoms with Gasteiger partial charge < -0.3 is 28.6 Å². The number of nitrogens with two attached hydrogens (primary N) is 1. The predicted octanol–water partition coefficient (Wildman–Crippen LogP) is 3.45. The molecule has 0 aliphatic carbocycles. The Kier molecular flexibility index (Phi) is 6.61. The summed E-state index contributed by atoms with van der Waals surface area (Å²) < 4.78 is 22.3. The number of oxazole rings is 3. The van der Waals surface area contributed by atoms with E-state index in [1.165, 1.54) is 12.5 Å². The van der Waals surface area contributed by atoms with E-state index in [9.17, 15) is 4.79 Å². The van der Waals surface area contributed by atoms with Crippen LogP contribution in [0.2, 0.25) is 0 Å². The van der Waals surface area contributed by atoms with Gasteiger partial charge in [-0.2, -0.15) is 0 Å². The van der Waals surface area contributed by atoms with E-state index in [0.29, 0.717) is 42.4 Å². The lowest BCUT2D eigenvalue weighted by Crippen LogP contribution is -2.24. The maximum Gasteiger partial charge on any atom is 0.360 e. The van der Waals surface area contributed by atoms with Crippen LogP contribution in [0.1, 0.15) is 62.3 Å². The van der Waals surface area contributed by atoms with Gasteiger partial charge in [0, 0.05) is 13.0 Å². The highest BCUT2D eigenvalue weighted by molar-refractivity contribution is 5.87. The fraction of sp³-hybridized carbons (Fsp3) is 0.524. The standard InChI is InChI=1S/C21H29N5O5/c1-7-12(22)17-23-13(10-28-17)18-25-16(15(30-18)8-9-26(5)6)19-24-14(11-29-19)20(27)31-21(2,3)4/h10-12H,7-9,22H2,1-6H3. The van der Waals surface area contributed by atoms with Crippen molar-refractivity contribution in [1.82, 2.24) is 19.9 Å². The number of hydrogen-bond acceptors (Lipinski definition) is 10. The molecule has 0 radical (unpaired) electrons. The van der Waals surface area contributed by atoms with Gasteiger partial charge >= 0.3 is 5.97 Å². The van der Waals surface area contributed by atoms with Crippen molar-refractivity contribution in [2.75, 3.05) is 20.6 Å². The SMILES string of the molecule is CCC(N)c1nc(-c2nc(-c3nc(C(=O)OC(C)(C)C)co3)c(CCN(C)C)o2)co1. The normalized spacial score (nSPS) is 13.0. The number of ether oxygens (including phenoxy) is 1. The maximum atomic E-state index is 12.3. The lowest BCUT2D eigenvalue weighted by atomic mass is 10.2. The third-order valence-corrected chi connectivity index (χ3v) is 4.30. The van der Waals surface area contributed by atoms with Gasteiger partial charge in [0.15, 0.2) is 17.1 Å². The van der Waals surface area contributed by atoms with Crippen LogP contribution in [0.25, 0.3) is 23.2 Å². The summed E-state index contributed by atoms with van der Waals surface area (Å²) in [6.07, 6.45) is 3.95. The summed E-state index contributed by atoms with van der Waals surface area (Å²) >= 11 is 0. The Balaban J connectivity index is 1.93. The number of carbonyl (C=O) groups is 1. The molecule has 3 aromatic rings. The molecule has 1 atom stereocenters. The van der Waals surface area contributed by atoms with Crippen LogP contribution in [0.15, 0.2) is 25.8 Å². The monoisotopic (exact) mass is 431 g/mol. The first-order valence-electron chi connectivity index (χ1n) is 10.1. The van der Waals surface area contributed by atoms with Gasteiger partial charge in [0.25, 0.3) is 0 Å². The molecule has 3 heterocycles. The molecule has 2 N–H and O–H groups in total. The van der Waals surface area contributed by atoms with Gasteiger partial charge in [0.2, 0.25) is 17.7 Å². The van der Waals surface area contributed by atoms with Crippen LogP contribution in [0, 0.1) is 0 Å². The van der Waals surface area contributed by atoms with Gasteiger partial charge in [-0.05, 0) is 41.3 Å². The van der Waals surface area contributed by atoms with Crippen LogP contribution < -0.4 is 5.73 Å². The van der Waals surface area contributed by atoms with Crippen molar-refractivity contribution in [2.24, 2.45) is 5.73 Å². The molecule has 1 unspecified atom stereocenters. The summed E-state index contributed by atoms with van der Waals surface area (Å²) in [7, 11) is 3.91. The number of esters is 1. The van der Waals surface area contributed by atoms with Gasteiger partial charge in [-0.1, -0.05) is 6.92 Å². The number of rotatable bonds is 8. The first-order chi connectivity index (χ1) is 14.6. The molecule has 0 aliphatic rings. The Morgan fingerprint density at radius 3 is 2.55 bits per heavy atom. The number of likely N-dealkylation sites (N-methyl/N-ethyl adjacent to an activating group) is 1. The topological polar surface area (TPSA) is 134 Å². The summed E-state index contributed by atoms with van der Waals surface area (Å²) in [6, 6.07) is -0.306. The highest BCUT2D eigenvalue weighted by atomic mass is 16.6. The largest absolute Gasteiger partial charge is 0.455 e. The first-order valence-corrected chi connectivity index (χ1v) is 10.1. The van der Waals surface area contributed by atoms with Gasteiger partial charge in [-0.15, -0.1) is 0 Å². The highest BCUT2D eigenvalue weighted by Crippen LogP contribution is 2.30. The molecule has 10 nitrogen and oxygen atoms in total.